The van der Waals surface area contributed by atoms with Crippen LogP contribution in [0.2, 0.25) is 0 Å². The number of carbonyl (C=O) groups is 1. The van der Waals surface area contributed by atoms with Gasteiger partial charge in [-0.2, -0.15) is 9.78 Å². The third-order valence-electron chi connectivity index (χ3n) is 5.66. The molecule has 0 aliphatic heterocycles. The zero-order valence-electron chi connectivity index (χ0n) is 17.8. The molecule has 0 unspecified atom stereocenters. The van der Waals surface area contributed by atoms with Crippen molar-refractivity contribution in [1.82, 2.24) is 14.2 Å². The Bertz CT molecular complexity index is 1600. The number of benzene rings is 3. The summed E-state index contributed by atoms with van der Waals surface area (Å²) in [6.07, 6.45) is 1.61. The van der Waals surface area contributed by atoms with Crippen molar-refractivity contribution in [3.63, 3.8) is 0 Å². The van der Waals surface area contributed by atoms with Crippen molar-refractivity contribution in [2.75, 3.05) is 0 Å². The topological polar surface area (TPSA) is 89.5 Å². The molecule has 5 aromatic rings. The van der Waals surface area contributed by atoms with Gasteiger partial charge in [0.15, 0.2) is 5.82 Å². The van der Waals surface area contributed by atoms with E-state index in [1.807, 2.05) is 67.6 Å². The molecule has 33 heavy (non-hydrogen) atoms. The zero-order valence-corrected chi connectivity index (χ0v) is 17.8. The van der Waals surface area contributed by atoms with Crippen molar-refractivity contribution in [3.8, 4) is 11.4 Å². The highest BCUT2D eigenvalue weighted by molar-refractivity contribution is 6.01. The molecule has 0 fully saturated rings. The van der Waals surface area contributed by atoms with Crippen LogP contribution in [0.1, 0.15) is 11.3 Å². The fourth-order valence-electron chi connectivity index (χ4n) is 4.08. The molecule has 1 N–H and O–H groups in total. The molecule has 5 rings (SSSR count). The van der Waals surface area contributed by atoms with E-state index in [2.05, 4.69) is 5.10 Å². The summed E-state index contributed by atoms with van der Waals surface area (Å²) in [7, 11) is 0. The second-order valence-electron chi connectivity index (χ2n) is 7.68. The number of rotatable bonds is 5. The van der Waals surface area contributed by atoms with E-state index in [4.69, 9.17) is 4.98 Å². The number of carboxylic acids is 1. The molecular formula is C26H20N4O3. The van der Waals surface area contributed by atoms with Crippen molar-refractivity contribution in [2.45, 2.75) is 13.5 Å². The molecule has 7 heteroatoms. The highest BCUT2D eigenvalue weighted by Gasteiger charge is 2.16. The minimum absolute atomic E-state index is 0.160. The van der Waals surface area contributed by atoms with Crippen molar-refractivity contribution < 1.29 is 9.90 Å². The van der Waals surface area contributed by atoms with Gasteiger partial charge in [-0.05, 0) is 25.1 Å². The van der Waals surface area contributed by atoms with Crippen LogP contribution in [-0.2, 0) is 11.3 Å². The van der Waals surface area contributed by atoms with Crippen LogP contribution < -0.4 is 5.56 Å². The minimum Gasteiger partial charge on any atom is -0.480 e. The average Bonchev–Trinajstić information content (AvgIpc) is 3.09. The van der Waals surface area contributed by atoms with E-state index in [1.165, 1.54) is 4.68 Å². The molecule has 0 bridgehead atoms. The lowest BCUT2D eigenvalue weighted by Crippen LogP contribution is -2.20. The van der Waals surface area contributed by atoms with Crippen LogP contribution in [0.5, 0.6) is 0 Å². The van der Waals surface area contributed by atoms with E-state index in [0.717, 1.165) is 27.7 Å². The van der Waals surface area contributed by atoms with Crippen molar-refractivity contribution in [1.29, 1.82) is 0 Å². The summed E-state index contributed by atoms with van der Waals surface area (Å²) in [5.74, 6) is -0.494. The molecule has 2 heterocycles. The highest BCUT2D eigenvalue weighted by atomic mass is 16.4. The monoisotopic (exact) mass is 436 g/mol. The van der Waals surface area contributed by atoms with Crippen LogP contribution in [0.3, 0.4) is 0 Å². The van der Waals surface area contributed by atoms with Gasteiger partial charge in [-0.1, -0.05) is 60.7 Å². The number of aliphatic carboxylic acids is 1. The summed E-state index contributed by atoms with van der Waals surface area (Å²) in [4.78, 5) is 29.5. The second-order valence-corrected chi connectivity index (χ2v) is 7.68. The number of aromatic nitrogens is 3. The van der Waals surface area contributed by atoms with E-state index < -0.39 is 5.97 Å². The molecular weight excluding hydrogens is 416 g/mol. The molecule has 0 saturated heterocycles. The summed E-state index contributed by atoms with van der Waals surface area (Å²) in [6, 6.07) is 24.2. The molecule has 3 aromatic carbocycles. The van der Waals surface area contributed by atoms with E-state index in [-0.39, 0.29) is 12.1 Å². The number of carboxylic acid groups (broad SMARTS) is 1. The maximum absolute atomic E-state index is 13.4. The van der Waals surface area contributed by atoms with Gasteiger partial charge in [0.1, 0.15) is 6.54 Å². The van der Waals surface area contributed by atoms with E-state index in [9.17, 15) is 14.7 Å². The number of hydrogen-bond acceptors (Lipinski definition) is 4. The van der Waals surface area contributed by atoms with Gasteiger partial charge >= 0.3 is 5.97 Å². The predicted octanol–water partition coefficient (Wildman–Crippen LogP) is 4.29. The minimum atomic E-state index is -0.927. The first kappa shape index (κ1) is 20.4. The van der Waals surface area contributed by atoms with Crippen LogP contribution in [0.4, 0.5) is 0 Å². The summed E-state index contributed by atoms with van der Waals surface area (Å²) in [5, 5.41) is 15.3. The Hall–Kier alpha value is -4.52. The van der Waals surface area contributed by atoms with Crippen LogP contribution in [0.25, 0.3) is 33.2 Å². The molecule has 2 aromatic heterocycles. The molecule has 0 saturated carbocycles. The fourth-order valence-corrected chi connectivity index (χ4v) is 4.08. The molecule has 0 radical (unpaired) electrons. The molecule has 0 aliphatic rings. The maximum Gasteiger partial charge on any atom is 0.323 e. The van der Waals surface area contributed by atoms with E-state index >= 15 is 0 Å². The van der Waals surface area contributed by atoms with Gasteiger partial charge < -0.3 is 9.67 Å². The zero-order chi connectivity index (χ0) is 22.9. The van der Waals surface area contributed by atoms with Crippen molar-refractivity contribution in [2.24, 2.45) is 5.10 Å². The lowest BCUT2D eigenvalue weighted by molar-refractivity contribution is -0.137. The Morgan fingerprint density at radius 2 is 1.64 bits per heavy atom. The molecule has 0 amide bonds. The quantitative estimate of drug-likeness (QED) is 0.416. The lowest BCUT2D eigenvalue weighted by atomic mass is 10.1. The first-order valence-corrected chi connectivity index (χ1v) is 10.5. The predicted molar refractivity (Wildman–Crippen MR) is 129 cm³/mol. The Kier molecular flexibility index (Phi) is 5.06. The molecule has 7 nitrogen and oxygen atoms in total. The standard InChI is InChI=1S/C26H20N4O3/c1-17-21(19-11-6-8-14-23(19)29(17)16-24(31)32)15-27-30-25(18-9-3-2-4-10-18)28-22-13-7-5-12-20(22)26(30)33/h2-15H,16H2,1H3,(H,31,32). The largest absolute Gasteiger partial charge is 0.480 e. The van der Waals surface area contributed by atoms with Gasteiger partial charge in [0.25, 0.3) is 5.56 Å². The van der Waals surface area contributed by atoms with Crippen molar-refractivity contribution >= 4 is 34.0 Å². The average molecular weight is 436 g/mol. The summed E-state index contributed by atoms with van der Waals surface area (Å²) < 4.78 is 3.04. The Morgan fingerprint density at radius 3 is 2.39 bits per heavy atom. The van der Waals surface area contributed by atoms with Gasteiger partial charge in [-0.25, -0.2) is 4.98 Å². The summed E-state index contributed by atoms with van der Waals surface area (Å²) in [5.41, 5.74) is 3.40. The van der Waals surface area contributed by atoms with Crippen molar-refractivity contribution in [3.05, 3.63) is 100 Å². The van der Waals surface area contributed by atoms with E-state index in [0.29, 0.717) is 16.7 Å². The number of para-hydroxylation sites is 2. The Morgan fingerprint density at radius 1 is 0.970 bits per heavy atom. The Labute approximate surface area is 188 Å². The first-order valence-electron chi connectivity index (χ1n) is 10.5. The molecule has 162 valence electrons. The first-order chi connectivity index (χ1) is 16.0. The lowest BCUT2D eigenvalue weighted by Gasteiger charge is -2.09. The number of fused-ring (bicyclic) bond motifs is 2. The van der Waals surface area contributed by atoms with Crippen LogP contribution in [0, 0.1) is 6.92 Å². The second kappa shape index (κ2) is 8.20. The number of nitrogens with zero attached hydrogens (tertiary/aromatic N) is 4. The van der Waals surface area contributed by atoms with Gasteiger partial charge in [-0.3, -0.25) is 9.59 Å². The normalized spacial score (nSPS) is 11.5. The molecule has 0 aliphatic carbocycles. The summed E-state index contributed by atoms with van der Waals surface area (Å²) >= 11 is 0. The van der Waals surface area contributed by atoms with Gasteiger partial charge in [0.2, 0.25) is 0 Å². The smallest absolute Gasteiger partial charge is 0.323 e. The van der Waals surface area contributed by atoms with Gasteiger partial charge in [0, 0.05) is 27.7 Å². The fraction of sp³-hybridized carbons (Fsp3) is 0.0769. The van der Waals surface area contributed by atoms with Crippen LogP contribution >= 0.6 is 0 Å². The third kappa shape index (κ3) is 3.59. The third-order valence-corrected chi connectivity index (χ3v) is 5.66. The van der Waals surface area contributed by atoms with E-state index in [1.54, 1.807) is 29.0 Å². The summed E-state index contributed by atoms with van der Waals surface area (Å²) in [6.45, 7) is 1.69. The highest BCUT2D eigenvalue weighted by Crippen LogP contribution is 2.25. The SMILES string of the molecule is Cc1c(C=Nn2c(-c3ccccc3)nc3ccccc3c2=O)c2ccccc2n1CC(=O)O. The Balaban J connectivity index is 1.74. The van der Waals surface area contributed by atoms with Crippen LogP contribution in [-0.4, -0.2) is 31.5 Å². The van der Waals surface area contributed by atoms with Crippen LogP contribution in [0.15, 0.2) is 88.8 Å². The maximum atomic E-state index is 13.4. The molecule has 0 atom stereocenters. The van der Waals surface area contributed by atoms with Gasteiger partial charge in [0.05, 0.1) is 17.1 Å². The number of hydrogen-bond donors (Lipinski definition) is 1. The molecule has 0 spiro atoms. The van der Waals surface area contributed by atoms with Gasteiger partial charge in [-0.15, -0.1) is 0 Å².